The molecule has 2 N–H and O–H groups in total. The molecule has 0 aliphatic carbocycles. The summed E-state index contributed by atoms with van der Waals surface area (Å²) in [5.41, 5.74) is 7.45. The van der Waals surface area contributed by atoms with Gasteiger partial charge in [0.25, 0.3) is 0 Å². The Hall–Kier alpha value is -2.36. The molecule has 0 atom stereocenters. The molecule has 3 rings (SSSR count). The molecule has 4 heteroatoms. The van der Waals surface area contributed by atoms with E-state index in [-0.39, 0.29) is 0 Å². The van der Waals surface area contributed by atoms with Gasteiger partial charge < -0.3 is 10.2 Å². The number of benzene rings is 1. The molecule has 0 fully saturated rings. The van der Waals surface area contributed by atoms with Gasteiger partial charge in [0.15, 0.2) is 11.7 Å². The Labute approximate surface area is 98.1 Å². The van der Waals surface area contributed by atoms with Crippen LogP contribution in [0.25, 0.3) is 22.2 Å². The number of hydrogen-bond donors (Lipinski definition) is 1. The number of oxazole rings is 1. The number of fused-ring (bicyclic) bond motifs is 1. The highest BCUT2D eigenvalue weighted by Crippen LogP contribution is 2.29. The van der Waals surface area contributed by atoms with E-state index in [1.54, 1.807) is 12.4 Å². The van der Waals surface area contributed by atoms with E-state index in [4.69, 9.17) is 10.2 Å². The molecule has 0 amide bonds. The first kappa shape index (κ1) is 9.84. The van der Waals surface area contributed by atoms with Gasteiger partial charge in [0.1, 0.15) is 5.69 Å². The molecule has 0 spiro atoms. The van der Waals surface area contributed by atoms with E-state index in [9.17, 15) is 0 Å². The molecule has 0 aliphatic heterocycles. The lowest BCUT2D eigenvalue weighted by Crippen LogP contribution is -1.89. The van der Waals surface area contributed by atoms with E-state index in [2.05, 4.69) is 9.97 Å². The number of nitrogens with two attached hydrogens (primary N) is 1. The quantitative estimate of drug-likeness (QED) is 0.647. The summed E-state index contributed by atoms with van der Waals surface area (Å²) in [6, 6.07) is 7.66. The van der Waals surface area contributed by atoms with E-state index in [1.165, 1.54) is 0 Å². The van der Waals surface area contributed by atoms with Gasteiger partial charge in [-0.05, 0) is 12.1 Å². The summed E-state index contributed by atoms with van der Waals surface area (Å²) >= 11 is 0. The summed E-state index contributed by atoms with van der Waals surface area (Å²) in [4.78, 5) is 8.43. The maximum absolute atomic E-state index is 5.93. The van der Waals surface area contributed by atoms with Gasteiger partial charge in [-0.1, -0.05) is 12.1 Å². The molecule has 1 aromatic carbocycles. The lowest BCUT2D eigenvalue weighted by molar-refractivity contribution is 0.533. The first-order chi connectivity index (χ1) is 8.25. The molecule has 17 heavy (non-hydrogen) atoms. The van der Waals surface area contributed by atoms with Crippen molar-refractivity contribution < 1.29 is 4.42 Å². The van der Waals surface area contributed by atoms with E-state index in [1.807, 2.05) is 31.2 Å². The van der Waals surface area contributed by atoms with Gasteiger partial charge in [0.2, 0.25) is 0 Å². The molecule has 3 aromatic rings. The van der Waals surface area contributed by atoms with Crippen LogP contribution >= 0.6 is 0 Å². The number of hydrogen-bond acceptors (Lipinski definition) is 4. The van der Waals surface area contributed by atoms with Crippen LogP contribution in [0.5, 0.6) is 0 Å². The Morgan fingerprint density at radius 3 is 2.76 bits per heavy atom. The number of aromatic nitrogens is 2. The van der Waals surface area contributed by atoms with Crippen molar-refractivity contribution in [1.29, 1.82) is 0 Å². The fourth-order valence-electron chi connectivity index (χ4n) is 1.90. The predicted molar refractivity (Wildman–Crippen MR) is 66.4 cm³/mol. The van der Waals surface area contributed by atoms with E-state index in [0.29, 0.717) is 11.7 Å². The van der Waals surface area contributed by atoms with Gasteiger partial charge in [-0.3, -0.25) is 4.98 Å². The molecule has 0 radical (unpaired) electrons. The fraction of sp³-hybridized carbons (Fsp3) is 0.0769. The van der Waals surface area contributed by atoms with Crippen molar-refractivity contribution in [1.82, 2.24) is 9.97 Å². The third kappa shape index (κ3) is 1.54. The maximum Gasteiger partial charge on any atom is 0.191 e. The minimum absolute atomic E-state index is 0.628. The van der Waals surface area contributed by atoms with Crippen LogP contribution in [-0.4, -0.2) is 9.97 Å². The van der Waals surface area contributed by atoms with Gasteiger partial charge in [-0.2, -0.15) is 0 Å². The van der Waals surface area contributed by atoms with Crippen LogP contribution in [0.15, 0.2) is 41.1 Å². The Bertz CT molecular complexity index is 688. The fourth-order valence-corrected chi connectivity index (χ4v) is 1.90. The van der Waals surface area contributed by atoms with Crippen LogP contribution in [0.4, 0.5) is 5.69 Å². The second kappa shape index (κ2) is 3.59. The van der Waals surface area contributed by atoms with Crippen LogP contribution in [0.2, 0.25) is 0 Å². The molecular weight excluding hydrogens is 214 g/mol. The average Bonchev–Trinajstić information content (AvgIpc) is 2.76. The van der Waals surface area contributed by atoms with Gasteiger partial charge in [-0.25, -0.2) is 4.98 Å². The number of aryl methyl sites for hydroxylation is 1. The Kier molecular flexibility index (Phi) is 2.08. The number of anilines is 1. The van der Waals surface area contributed by atoms with Crippen molar-refractivity contribution in [2.24, 2.45) is 0 Å². The normalized spacial score (nSPS) is 10.9. The summed E-state index contributed by atoms with van der Waals surface area (Å²) < 4.78 is 5.50. The zero-order chi connectivity index (χ0) is 11.8. The largest absolute Gasteiger partial charge is 0.439 e. The van der Waals surface area contributed by atoms with E-state index >= 15 is 0 Å². The van der Waals surface area contributed by atoms with Gasteiger partial charge in [-0.15, -0.1) is 0 Å². The van der Waals surface area contributed by atoms with Gasteiger partial charge in [0.05, 0.1) is 6.20 Å². The maximum atomic E-state index is 5.93. The topological polar surface area (TPSA) is 64.9 Å². The Morgan fingerprint density at radius 1 is 1.12 bits per heavy atom. The van der Waals surface area contributed by atoms with Crippen LogP contribution in [0.3, 0.4) is 0 Å². The zero-order valence-corrected chi connectivity index (χ0v) is 9.34. The third-order valence-electron chi connectivity index (χ3n) is 2.69. The standard InChI is InChI=1S/C13H11N3O/c1-8-16-7-12(17-8)13-10-3-2-4-11(14)9(10)5-6-15-13/h2-7H,14H2,1H3. The van der Waals surface area contributed by atoms with Crippen LogP contribution in [-0.2, 0) is 0 Å². The van der Waals surface area contributed by atoms with Crippen molar-refractivity contribution in [2.45, 2.75) is 6.92 Å². The molecule has 2 aromatic heterocycles. The minimum atomic E-state index is 0.628. The lowest BCUT2D eigenvalue weighted by atomic mass is 10.1. The third-order valence-corrected chi connectivity index (χ3v) is 2.69. The SMILES string of the molecule is Cc1ncc(-c2nccc3c(N)cccc23)o1. The summed E-state index contributed by atoms with van der Waals surface area (Å²) in [5.74, 6) is 1.29. The summed E-state index contributed by atoms with van der Waals surface area (Å²) in [6.07, 6.45) is 3.41. The first-order valence-corrected chi connectivity index (χ1v) is 5.32. The molecule has 2 heterocycles. The number of rotatable bonds is 1. The highest BCUT2D eigenvalue weighted by Gasteiger charge is 2.10. The minimum Gasteiger partial charge on any atom is -0.439 e. The van der Waals surface area contributed by atoms with Gasteiger partial charge >= 0.3 is 0 Å². The Morgan fingerprint density at radius 2 is 2.00 bits per heavy atom. The van der Waals surface area contributed by atoms with E-state index in [0.717, 1.165) is 22.2 Å². The molecule has 84 valence electrons. The molecule has 0 saturated heterocycles. The molecule has 0 aliphatic rings. The molecule has 0 saturated carbocycles. The highest BCUT2D eigenvalue weighted by atomic mass is 16.4. The summed E-state index contributed by atoms with van der Waals surface area (Å²) in [7, 11) is 0. The van der Waals surface area contributed by atoms with Crippen LogP contribution in [0.1, 0.15) is 5.89 Å². The van der Waals surface area contributed by atoms with Crippen molar-refractivity contribution >= 4 is 16.5 Å². The highest BCUT2D eigenvalue weighted by molar-refractivity contribution is 5.99. The summed E-state index contributed by atoms with van der Waals surface area (Å²) in [6.45, 7) is 1.81. The van der Waals surface area contributed by atoms with Crippen molar-refractivity contribution in [2.75, 3.05) is 5.73 Å². The molecule has 0 unspecified atom stereocenters. The monoisotopic (exact) mass is 225 g/mol. The second-order valence-corrected chi connectivity index (χ2v) is 3.85. The van der Waals surface area contributed by atoms with Crippen LogP contribution < -0.4 is 5.73 Å². The average molecular weight is 225 g/mol. The van der Waals surface area contributed by atoms with Gasteiger partial charge in [0, 0.05) is 29.6 Å². The summed E-state index contributed by atoms with van der Waals surface area (Å²) in [5, 5.41) is 1.95. The van der Waals surface area contributed by atoms with E-state index < -0.39 is 0 Å². The molecule has 4 nitrogen and oxygen atoms in total. The number of nitrogen functional groups attached to an aromatic ring is 1. The smallest absolute Gasteiger partial charge is 0.191 e. The lowest BCUT2D eigenvalue weighted by Gasteiger charge is -2.04. The van der Waals surface area contributed by atoms with Crippen molar-refractivity contribution in [3.8, 4) is 11.5 Å². The first-order valence-electron chi connectivity index (χ1n) is 5.32. The Balaban J connectivity index is 2.34. The molecular formula is C13H11N3O. The number of nitrogens with zero attached hydrogens (tertiary/aromatic N) is 2. The molecule has 0 bridgehead atoms. The van der Waals surface area contributed by atoms with Crippen LogP contribution in [0, 0.1) is 6.92 Å². The number of pyridine rings is 1. The van der Waals surface area contributed by atoms with Crippen molar-refractivity contribution in [3.63, 3.8) is 0 Å². The van der Waals surface area contributed by atoms with Crippen molar-refractivity contribution in [3.05, 3.63) is 42.5 Å². The zero-order valence-electron chi connectivity index (χ0n) is 9.34. The second-order valence-electron chi connectivity index (χ2n) is 3.85. The predicted octanol–water partition coefficient (Wildman–Crippen LogP) is 2.78.